The monoisotopic (exact) mass is 291 g/mol. The van der Waals surface area contributed by atoms with Crippen molar-refractivity contribution in [3.05, 3.63) is 17.8 Å². The first-order valence-corrected chi connectivity index (χ1v) is 8.02. The number of hydrogen-bond donors (Lipinski definition) is 1. The van der Waals surface area contributed by atoms with E-state index in [1.165, 1.54) is 12.8 Å². The largest absolute Gasteiger partial charge is 0.484 e. The second kappa shape index (κ2) is 6.62. The predicted molar refractivity (Wildman–Crippen MR) is 81.6 cm³/mol. The van der Waals surface area contributed by atoms with Crippen molar-refractivity contribution < 1.29 is 9.47 Å². The molecule has 116 valence electrons. The van der Waals surface area contributed by atoms with Gasteiger partial charge in [-0.2, -0.15) is 0 Å². The Bertz CT molecular complexity index is 481. The lowest BCUT2D eigenvalue weighted by molar-refractivity contribution is 0.118. The van der Waals surface area contributed by atoms with Crippen LogP contribution in [0, 0.1) is 5.92 Å². The number of pyridine rings is 1. The van der Waals surface area contributed by atoms with E-state index in [9.17, 15) is 0 Å². The first-order chi connectivity index (χ1) is 10.3. The summed E-state index contributed by atoms with van der Waals surface area (Å²) in [5.41, 5.74) is 6.94. The van der Waals surface area contributed by atoms with Crippen LogP contribution in [0.25, 0.3) is 0 Å². The molecule has 2 N–H and O–H groups in total. The third kappa shape index (κ3) is 3.14. The molecule has 2 atom stereocenters. The molecule has 1 saturated heterocycles. The maximum Gasteiger partial charge on any atom is 0.257 e. The molecule has 0 aromatic carbocycles. The molecule has 0 saturated carbocycles. The Labute approximate surface area is 126 Å². The highest BCUT2D eigenvalue weighted by Crippen LogP contribution is 2.33. The van der Waals surface area contributed by atoms with E-state index in [1.807, 2.05) is 6.07 Å². The quantitative estimate of drug-likeness (QED) is 0.919. The van der Waals surface area contributed by atoms with E-state index in [2.05, 4.69) is 17.9 Å². The van der Waals surface area contributed by atoms with Crippen molar-refractivity contribution in [2.24, 2.45) is 11.7 Å². The van der Waals surface area contributed by atoms with Crippen LogP contribution < -0.4 is 15.2 Å². The van der Waals surface area contributed by atoms with E-state index in [4.69, 9.17) is 20.2 Å². The van der Waals surface area contributed by atoms with E-state index in [1.54, 1.807) is 0 Å². The fourth-order valence-corrected chi connectivity index (χ4v) is 3.36. The van der Waals surface area contributed by atoms with Gasteiger partial charge in [0.2, 0.25) is 0 Å². The fourth-order valence-electron chi connectivity index (χ4n) is 3.36. The van der Waals surface area contributed by atoms with Crippen molar-refractivity contribution in [2.75, 3.05) is 32.8 Å². The highest BCUT2D eigenvalue weighted by molar-refractivity contribution is 5.36. The molecule has 1 unspecified atom stereocenters. The van der Waals surface area contributed by atoms with Gasteiger partial charge in [-0.05, 0) is 50.4 Å². The molecule has 3 heterocycles. The second-order valence-corrected chi connectivity index (χ2v) is 5.90. The highest BCUT2D eigenvalue weighted by atomic mass is 16.6. The summed E-state index contributed by atoms with van der Waals surface area (Å²) >= 11 is 0. The van der Waals surface area contributed by atoms with E-state index in [0.717, 1.165) is 37.5 Å². The summed E-state index contributed by atoms with van der Waals surface area (Å²) in [5.74, 6) is 2.02. The zero-order valence-corrected chi connectivity index (χ0v) is 12.8. The molecule has 5 heteroatoms. The molecule has 2 aliphatic rings. The van der Waals surface area contributed by atoms with Gasteiger partial charge in [-0.25, -0.2) is 4.98 Å². The normalized spacial score (nSPS) is 23.8. The number of likely N-dealkylation sites (tertiary alicyclic amines) is 1. The van der Waals surface area contributed by atoms with Crippen molar-refractivity contribution in [3.8, 4) is 11.6 Å². The van der Waals surface area contributed by atoms with Gasteiger partial charge >= 0.3 is 0 Å². The van der Waals surface area contributed by atoms with E-state index < -0.39 is 0 Å². The summed E-state index contributed by atoms with van der Waals surface area (Å²) in [5, 5.41) is 0. The van der Waals surface area contributed by atoms with E-state index >= 15 is 0 Å². The van der Waals surface area contributed by atoms with Crippen LogP contribution in [0.3, 0.4) is 0 Å². The van der Waals surface area contributed by atoms with Gasteiger partial charge in [0.1, 0.15) is 13.2 Å². The van der Waals surface area contributed by atoms with Gasteiger partial charge in [-0.3, -0.25) is 4.90 Å². The lowest BCUT2D eigenvalue weighted by Crippen LogP contribution is -2.40. The van der Waals surface area contributed by atoms with Gasteiger partial charge in [0.05, 0.1) is 11.7 Å². The molecule has 0 amide bonds. The number of nitrogens with two attached hydrogens (primary N) is 1. The minimum absolute atomic E-state index is 0.343. The van der Waals surface area contributed by atoms with Crippen LogP contribution in [0.1, 0.15) is 37.9 Å². The summed E-state index contributed by atoms with van der Waals surface area (Å²) in [4.78, 5) is 7.22. The molecule has 0 spiro atoms. The third-order valence-corrected chi connectivity index (χ3v) is 4.48. The fraction of sp³-hybridized carbons (Fsp3) is 0.688. The van der Waals surface area contributed by atoms with Gasteiger partial charge in [-0.1, -0.05) is 6.92 Å². The first-order valence-electron chi connectivity index (χ1n) is 8.02. The number of hydrogen-bond acceptors (Lipinski definition) is 5. The van der Waals surface area contributed by atoms with E-state index in [0.29, 0.717) is 31.1 Å². The maximum absolute atomic E-state index is 5.86. The Morgan fingerprint density at radius 2 is 2.24 bits per heavy atom. The smallest absolute Gasteiger partial charge is 0.257 e. The summed E-state index contributed by atoms with van der Waals surface area (Å²) in [6.07, 6.45) is 3.52. The van der Waals surface area contributed by atoms with Crippen LogP contribution in [-0.4, -0.2) is 42.7 Å². The standard InChI is InChI=1S/C16H25N3O2/c1-2-14(19-7-3-4-12(10-17)11-19)13-5-6-15-16(18-13)21-9-8-20-15/h5-6,12,14H,2-4,7-11,17H2,1H3/t12-,14?/m1/s1. The first kappa shape index (κ1) is 14.6. The minimum atomic E-state index is 0.343. The summed E-state index contributed by atoms with van der Waals surface area (Å²) in [7, 11) is 0. The van der Waals surface area contributed by atoms with Crippen molar-refractivity contribution in [3.63, 3.8) is 0 Å². The van der Waals surface area contributed by atoms with Crippen molar-refractivity contribution in [2.45, 2.75) is 32.2 Å². The van der Waals surface area contributed by atoms with Crippen LogP contribution in [-0.2, 0) is 0 Å². The minimum Gasteiger partial charge on any atom is -0.484 e. The van der Waals surface area contributed by atoms with Gasteiger partial charge in [0.25, 0.3) is 5.88 Å². The average molecular weight is 291 g/mol. The number of fused-ring (bicyclic) bond motifs is 1. The van der Waals surface area contributed by atoms with Crippen LogP contribution in [0.5, 0.6) is 11.6 Å². The molecular formula is C16H25N3O2. The Morgan fingerprint density at radius 1 is 1.38 bits per heavy atom. The van der Waals surface area contributed by atoms with Crippen molar-refractivity contribution >= 4 is 0 Å². The summed E-state index contributed by atoms with van der Waals surface area (Å²) < 4.78 is 11.2. The van der Waals surface area contributed by atoms with Gasteiger partial charge < -0.3 is 15.2 Å². The maximum atomic E-state index is 5.86. The predicted octanol–water partition coefficient (Wildman–Crippen LogP) is 1.97. The molecule has 21 heavy (non-hydrogen) atoms. The number of aromatic nitrogens is 1. The zero-order chi connectivity index (χ0) is 14.7. The highest BCUT2D eigenvalue weighted by Gasteiger charge is 2.27. The van der Waals surface area contributed by atoms with Crippen LogP contribution >= 0.6 is 0 Å². The number of rotatable bonds is 4. The molecule has 0 radical (unpaired) electrons. The number of nitrogens with zero attached hydrogens (tertiary/aromatic N) is 2. The van der Waals surface area contributed by atoms with Gasteiger partial charge in [0.15, 0.2) is 5.75 Å². The van der Waals surface area contributed by atoms with Gasteiger partial charge in [-0.15, -0.1) is 0 Å². The van der Waals surface area contributed by atoms with Crippen LogP contribution in [0.15, 0.2) is 12.1 Å². The van der Waals surface area contributed by atoms with Crippen LogP contribution in [0.2, 0.25) is 0 Å². The molecule has 5 nitrogen and oxygen atoms in total. The summed E-state index contributed by atoms with van der Waals surface area (Å²) in [6, 6.07) is 4.41. The topological polar surface area (TPSA) is 60.6 Å². The Kier molecular flexibility index (Phi) is 4.60. The Hall–Kier alpha value is -1.33. The van der Waals surface area contributed by atoms with Gasteiger partial charge in [0, 0.05) is 6.54 Å². The van der Waals surface area contributed by atoms with Crippen LogP contribution in [0.4, 0.5) is 0 Å². The molecule has 1 aromatic heterocycles. The lowest BCUT2D eigenvalue weighted by Gasteiger charge is -2.37. The Balaban J connectivity index is 1.79. The molecule has 1 fully saturated rings. The molecule has 0 aliphatic carbocycles. The molecule has 1 aromatic rings. The average Bonchev–Trinajstić information content (AvgIpc) is 2.56. The SMILES string of the molecule is CCC(c1ccc2c(n1)OCCO2)N1CCC[C@H](CN)C1. The second-order valence-electron chi connectivity index (χ2n) is 5.90. The Morgan fingerprint density at radius 3 is 3.05 bits per heavy atom. The number of ether oxygens (including phenoxy) is 2. The molecular weight excluding hydrogens is 266 g/mol. The molecule has 0 bridgehead atoms. The van der Waals surface area contributed by atoms with Crippen molar-refractivity contribution in [1.29, 1.82) is 0 Å². The number of piperidine rings is 1. The summed E-state index contributed by atoms with van der Waals surface area (Å²) in [6.45, 7) is 6.39. The molecule has 2 aliphatic heterocycles. The van der Waals surface area contributed by atoms with E-state index in [-0.39, 0.29) is 0 Å². The van der Waals surface area contributed by atoms with Crippen molar-refractivity contribution in [1.82, 2.24) is 9.88 Å². The third-order valence-electron chi connectivity index (χ3n) is 4.48. The lowest BCUT2D eigenvalue weighted by atomic mass is 9.95. The molecule has 3 rings (SSSR count). The zero-order valence-electron chi connectivity index (χ0n) is 12.8.